The summed E-state index contributed by atoms with van der Waals surface area (Å²) in [5.41, 5.74) is 3.56. The number of aryl methyl sites for hydroxylation is 3. The molecule has 1 amide bonds. The second-order valence-electron chi connectivity index (χ2n) is 9.10. The number of H-pyrrole nitrogens is 1. The van der Waals surface area contributed by atoms with Crippen LogP contribution in [0.3, 0.4) is 0 Å². The van der Waals surface area contributed by atoms with Gasteiger partial charge >= 0.3 is 5.97 Å². The van der Waals surface area contributed by atoms with Crippen molar-refractivity contribution in [3.8, 4) is 0 Å². The highest BCUT2D eigenvalue weighted by molar-refractivity contribution is 5.97. The predicted octanol–water partition coefficient (Wildman–Crippen LogP) is 3.17. The third-order valence-electron chi connectivity index (χ3n) is 6.90. The summed E-state index contributed by atoms with van der Waals surface area (Å²) in [6.07, 6.45) is 6.06. The molecule has 9 nitrogen and oxygen atoms in total. The molecule has 4 heterocycles. The van der Waals surface area contributed by atoms with Gasteiger partial charge in [0.05, 0.1) is 29.7 Å². The van der Waals surface area contributed by atoms with Crippen molar-refractivity contribution in [2.24, 2.45) is 5.41 Å². The van der Waals surface area contributed by atoms with Crippen LogP contribution in [0.2, 0.25) is 0 Å². The molecule has 0 bridgehead atoms. The van der Waals surface area contributed by atoms with Gasteiger partial charge in [0.2, 0.25) is 0 Å². The monoisotopic (exact) mass is 458 g/mol. The molecule has 0 saturated carbocycles. The molecular weight excluding hydrogens is 424 g/mol. The Bertz CT molecular complexity index is 976. The normalized spacial score (nSPS) is 22.6. The second-order valence-corrected chi connectivity index (χ2v) is 9.10. The third-order valence-corrected chi connectivity index (χ3v) is 6.90. The van der Waals surface area contributed by atoms with Crippen molar-refractivity contribution < 1.29 is 23.6 Å². The zero-order chi connectivity index (χ0) is 23.4. The van der Waals surface area contributed by atoms with Gasteiger partial charge in [0, 0.05) is 25.3 Å². The van der Waals surface area contributed by atoms with Crippen LogP contribution < -0.4 is 5.32 Å². The Morgan fingerprint density at radius 2 is 2.03 bits per heavy atom. The molecule has 2 N–H and O–H groups in total. The van der Waals surface area contributed by atoms with E-state index >= 15 is 0 Å². The van der Waals surface area contributed by atoms with Gasteiger partial charge in [-0.25, -0.2) is 4.79 Å². The molecule has 2 unspecified atom stereocenters. The van der Waals surface area contributed by atoms with E-state index in [9.17, 15) is 9.59 Å². The van der Waals surface area contributed by atoms with Crippen LogP contribution in [0, 0.1) is 5.41 Å². The van der Waals surface area contributed by atoms with Gasteiger partial charge in [-0.05, 0) is 50.4 Å². The van der Waals surface area contributed by atoms with Gasteiger partial charge in [0.25, 0.3) is 5.91 Å². The molecule has 1 saturated heterocycles. The summed E-state index contributed by atoms with van der Waals surface area (Å²) < 4.78 is 16.8. The lowest BCUT2D eigenvalue weighted by molar-refractivity contribution is -0.0531. The Balaban J connectivity index is 1.32. The van der Waals surface area contributed by atoms with Crippen LogP contribution in [-0.2, 0) is 35.2 Å². The van der Waals surface area contributed by atoms with E-state index < -0.39 is 0 Å². The van der Waals surface area contributed by atoms with E-state index in [0.29, 0.717) is 56.0 Å². The molecule has 9 heteroatoms. The molecule has 2 atom stereocenters. The van der Waals surface area contributed by atoms with E-state index in [2.05, 4.69) is 20.7 Å². The zero-order valence-electron chi connectivity index (χ0n) is 19.8. The Kier molecular flexibility index (Phi) is 7.17. The number of aromatic nitrogens is 3. The number of amides is 1. The van der Waals surface area contributed by atoms with Crippen molar-refractivity contribution in [3.05, 3.63) is 34.0 Å². The number of hydrogen-bond acceptors (Lipinski definition) is 7. The third kappa shape index (κ3) is 4.83. The quantitative estimate of drug-likeness (QED) is 0.460. The summed E-state index contributed by atoms with van der Waals surface area (Å²) in [4.78, 5) is 25.2. The Hall–Kier alpha value is -2.68. The number of carbonyl (C=O) groups is 2. The first-order valence-electron chi connectivity index (χ1n) is 12.1. The van der Waals surface area contributed by atoms with Crippen molar-refractivity contribution in [2.45, 2.75) is 78.2 Å². The average Bonchev–Trinajstić information content (AvgIpc) is 3.40. The molecular formula is C24H34N4O5. The summed E-state index contributed by atoms with van der Waals surface area (Å²) in [5.74, 6) is 0.180. The highest BCUT2D eigenvalue weighted by Crippen LogP contribution is 2.39. The first-order chi connectivity index (χ1) is 16.0. The first kappa shape index (κ1) is 23.5. The van der Waals surface area contributed by atoms with E-state index in [0.717, 1.165) is 49.1 Å². The Labute approximate surface area is 194 Å². The summed E-state index contributed by atoms with van der Waals surface area (Å²) in [6, 6.07) is 0. The number of carbonyl (C=O) groups excluding carboxylic acids is 2. The predicted molar refractivity (Wildman–Crippen MR) is 120 cm³/mol. The minimum absolute atomic E-state index is 0.0333. The summed E-state index contributed by atoms with van der Waals surface area (Å²) in [5, 5.41) is 14.6. The van der Waals surface area contributed by atoms with Gasteiger partial charge in [0.1, 0.15) is 5.56 Å². The van der Waals surface area contributed by atoms with Crippen molar-refractivity contribution in [1.82, 2.24) is 20.7 Å². The standard InChI is InChI=1S/C24H34N4O5/c1-4-16-20-18(27-26-16)13-24(14-25-22(20)29)9-11-31-15(12-24)8-7-10-32-23(30)21-17(5-2)28-33-19(21)6-3/h15H,4-14H2,1-3H3,(H,25,29)(H,26,27). The first-order valence-corrected chi connectivity index (χ1v) is 12.1. The maximum Gasteiger partial charge on any atom is 0.343 e. The van der Waals surface area contributed by atoms with Crippen LogP contribution in [-0.4, -0.2) is 53.1 Å². The van der Waals surface area contributed by atoms with Crippen LogP contribution in [0.15, 0.2) is 4.52 Å². The van der Waals surface area contributed by atoms with Crippen LogP contribution in [0.25, 0.3) is 0 Å². The van der Waals surface area contributed by atoms with Crippen LogP contribution in [0.1, 0.15) is 90.0 Å². The largest absolute Gasteiger partial charge is 0.462 e. The van der Waals surface area contributed by atoms with E-state index in [-0.39, 0.29) is 23.4 Å². The molecule has 2 aromatic rings. The summed E-state index contributed by atoms with van der Waals surface area (Å²) >= 11 is 0. The second kappa shape index (κ2) is 10.1. The molecule has 2 aliphatic rings. The average molecular weight is 459 g/mol. The SMILES string of the molecule is CCc1n[nH]c2c1C(=O)NCC1(CCOC(CCCOC(=O)c3c(CC)noc3CC)C1)C2. The molecule has 4 rings (SSSR count). The van der Waals surface area contributed by atoms with Crippen LogP contribution >= 0.6 is 0 Å². The van der Waals surface area contributed by atoms with Crippen LogP contribution in [0.4, 0.5) is 0 Å². The topological polar surface area (TPSA) is 119 Å². The molecule has 2 aromatic heterocycles. The van der Waals surface area contributed by atoms with Crippen molar-refractivity contribution >= 4 is 11.9 Å². The number of aromatic amines is 1. The lowest BCUT2D eigenvalue weighted by Crippen LogP contribution is -2.43. The zero-order valence-corrected chi connectivity index (χ0v) is 19.8. The van der Waals surface area contributed by atoms with E-state index in [4.69, 9.17) is 14.0 Å². The van der Waals surface area contributed by atoms with Gasteiger partial charge < -0.3 is 19.3 Å². The fraction of sp³-hybridized carbons (Fsp3) is 0.667. The molecule has 0 aromatic carbocycles. The number of hydrogen-bond donors (Lipinski definition) is 2. The van der Waals surface area contributed by atoms with Crippen molar-refractivity contribution in [3.63, 3.8) is 0 Å². The van der Waals surface area contributed by atoms with Gasteiger partial charge in [-0.3, -0.25) is 9.89 Å². The van der Waals surface area contributed by atoms with E-state index in [1.54, 1.807) is 0 Å². The number of fused-ring (bicyclic) bond motifs is 1. The van der Waals surface area contributed by atoms with Gasteiger partial charge in [-0.1, -0.05) is 25.9 Å². The number of ether oxygens (including phenoxy) is 2. The molecule has 1 fully saturated rings. The molecule has 1 spiro atoms. The molecule has 180 valence electrons. The summed E-state index contributed by atoms with van der Waals surface area (Å²) in [6.45, 7) is 7.50. The fourth-order valence-electron chi connectivity index (χ4n) is 5.08. The van der Waals surface area contributed by atoms with Crippen LogP contribution in [0.5, 0.6) is 0 Å². The summed E-state index contributed by atoms with van der Waals surface area (Å²) in [7, 11) is 0. The Morgan fingerprint density at radius 1 is 1.21 bits per heavy atom. The number of esters is 1. The lowest BCUT2D eigenvalue weighted by Gasteiger charge is -2.40. The van der Waals surface area contributed by atoms with Crippen molar-refractivity contribution in [2.75, 3.05) is 19.8 Å². The minimum atomic E-state index is -0.365. The molecule has 0 radical (unpaired) electrons. The Morgan fingerprint density at radius 3 is 2.79 bits per heavy atom. The van der Waals surface area contributed by atoms with Crippen molar-refractivity contribution in [1.29, 1.82) is 0 Å². The van der Waals surface area contributed by atoms with Gasteiger partial charge in [-0.2, -0.15) is 5.10 Å². The number of nitrogens with zero attached hydrogens (tertiary/aromatic N) is 2. The number of rotatable bonds is 8. The smallest absolute Gasteiger partial charge is 0.343 e. The van der Waals surface area contributed by atoms with E-state index in [1.165, 1.54) is 0 Å². The molecule has 0 aliphatic carbocycles. The van der Waals surface area contributed by atoms with Gasteiger partial charge in [0.15, 0.2) is 5.76 Å². The molecule has 2 aliphatic heterocycles. The lowest BCUT2D eigenvalue weighted by atomic mass is 9.73. The maximum absolute atomic E-state index is 12.7. The van der Waals surface area contributed by atoms with E-state index in [1.807, 2.05) is 20.8 Å². The van der Waals surface area contributed by atoms with Gasteiger partial charge in [-0.15, -0.1) is 0 Å². The highest BCUT2D eigenvalue weighted by Gasteiger charge is 2.41. The maximum atomic E-state index is 12.7. The highest BCUT2D eigenvalue weighted by atomic mass is 16.5. The number of nitrogens with one attached hydrogen (secondary N) is 2. The minimum Gasteiger partial charge on any atom is -0.462 e. The molecule has 33 heavy (non-hydrogen) atoms. The fourth-order valence-corrected chi connectivity index (χ4v) is 5.08.